The molecule has 0 heterocycles. The molecule has 3 rings (SSSR count). The van der Waals surface area contributed by atoms with Gasteiger partial charge in [0.1, 0.15) is 0 Å². The molecular weight excluding hydrogens is 576 g/mol. The van der Waals surface area contributed by atoms with Crippen molar-refractivity contribution in [2.24, 2.45) is 5.92 Å². The molecule has 0 N–H and O–H groups in total. The second-order valence-corrected chi connectivity index (χ2v) is 13.3. The Morgan fingerprint density at radius 1 is 0.853 bits per heavy atom. The van der Waals surface area contributed by atoms with Crippen LogP contribution in [0.25, 0.3) is 21.9 Å². The fraction of sp³-hybridized carbons (Fsp3) is 0.400. The molecule has 3 aromatic rings. The Morgan fingerprint density at radius 3 is 1.76 bits per heavy atom. The maximum absolute atomic E-state index is 13.5. The van der Waals surface area contributed by atoms with Crippen LogP contribution in [-0.2, 0) is 45.0 Å². The summed E-state index contributed by atoms with van der Waals surface area (Å²) in [5, 5.41) is 1.49. The van der Waals surface area contributed by atoms with Gasteiger partial charge >= 0.3 is 50.2 Å². The topological polar surface area (TPSA) is 0 Å². The normalized spacial score (nSPS) is 12.6. The molecule has 0 aliphatic rings. The number of fused-ring (bicyclic) bond motifs is 1. The van der Waals surface area contributed by atoms with E-state index in [4.69, 9.17) is 17.0 Å². The fourth-order valence-electron chi connectivity index (χ4n) is 3.97. The molecule has 0 atom stereocenters. The van der Waals surface area contributed by atoms with Crippen molar-refractivity contribution in [2.45, 2.75) is 58.8 Å². The van der Waals surface area contributed by atoms with E-state index in [-0.39, 0.29) is 11.6 Å². The molecule has 3 aromatic carbocycles. The zero-order chi connectivity index (χ0) is 26.1. The van der Waals surface area contributed by atoms with Crippen LogP contribution >= 0.6 is 17.0 Å². The van der Waals surface area contributed by atoms with Crippen LogP contribution in [0.5, 0.6) is 0 Å². The number of halogens is 8. The summed E-state index contributed by atoms with van der Waals surface area (Å²) in [6, 6.07) is 9.39. The monoisotopic (exact) mass is 599 g/mol. The van der Waals surface area contributed by atoms with E-state index in [1.807, 2.05) is 45.0 Å². The first-order valence-electron chi connectivity index (χ1n) is 10.5. The van der Waals surface area contributed by atoms with Crippen molar-refractivity contribution in [3.05, 3.63) is 64.7 Å². The summed E-state index contributed by atoms with van der Waals surface area (Å²) < 4.78 is 80.9. The van der Waals surface area contributed by atoms with Gasteiger partial charge in [0.25, 0.3) is 0 Å². The molecule has 0 aliphatic heterocycles. The molecule has 0 fully saturated rings. The summed E-state index contributed by atoms with van der Waals surface area (Å²) in [5.74, 6) is 0.368. The van der Waals surface area contributed by atoms with E-state index in [1.54, 1.807) is 0 Å². The minimum atomic E-state index is -4.89. The van der Waals surface area contributed by atoms with Gasteiger partial charge in [-0.3, -0.25) is 0 Å². The van der Waals surface area contributed by atoms with Crippen LogP contribution in [0.15, 0.2) is 42.5 Å². The summed E-state index contributed by atoms with van der Waals surface area (Å²) in [7, 11) is 9.87. The van der Waals surface area contributed by atoms with E-state index in [0.717, 1.165) is 29.5 Å². The Labute approximate surface area is 214 Å². The van der Waals surface area contributed by atoms with E-state index in [2.05, 4.69) is 13.8 Å². The third kappa shape index (κ3) is 7.30. The molecule has 9 heteroatoms. The third-order valence-electron chi connectivity index (χ3n) is 5.28. The molecule has 0 nitrogen and oxygen atoms in total. The van der Waals surface area contributed by atoms with Crippen molar-refractivity contribution < 1.29 is 47.2 Å². The standard InChI is InChI=1S/C25H25F6.2ClH.Zr/c1-14(2)8-15-9-16-6-7-21(23(3,4)5)22(20(16)10-15)17-11-18(24(26,27)28)13-19(12-17)25(29,30)31;;;/h6-7,9-14H,8H2,1-5H3;2*1H;/q-1;;;+2/p-2. The average Bonchev–Trinajstić information content (AvgIpc) is 3.06. The van der Waals surface area contributed by atoms with Crippen molar-refractivity contribution >= 4 is 27.8 Å². The predicted molar refractivity (Wildman–Crippen MR) is 124 cm³/mol. The first-order valence-corrected chi connectivity index (χ1v) is 16.8. The van der Waals surface area contributed by atoms with Gasteiger partial charge in [-0.1, -0.05) is 45.7 Å². The van der Waals surface area contributed by atoms with Crippen LogP contribution in [0.2, 0.25) is 0 Å². The first-order chi connectivity index (χ1) is 15.5. The van der Waals surface area contributed by atoms with Crippen LogP contribution in [0.1, 0.15) is 56.9 Å². The van der Waals surface area contributed by atoms with E-state index < -0.39 is 49.7 Å². The first kappa shape index (κ1) is 29.3. The third-order valence-corrected chi connectivity index (χ3v) is 5.28. The van der Waals surface area contributed by atoms with Crippen LogP contribution in [0.4, 0.5) is 26.3 Å². The van der Waals surface area contributed by atoms with Crippen LogP contribution < -0.4 is 0 Å². The summed E-state index contributed by atoms with van der Waals surface area (Å²) in [4.78, 5) is 0. The van der Waals surface area contributed by atoms with Crippen molar-refractivity contribution in [2.75, 3.05) is 0 Å². The van der Waals surface area contributed by atoms with E-state index in [9.17, 15) is 26.3 Å². The summed E-state index contributed by atoms with van der Waals surface area (Å²) >= 11 is -0.826. The van der Waals surface area contributed by atoms with Gasteiger partial charge in [0, 0.05) is 0 Å². The molecule has 0 unspecified atom stereocenters. The van der Waals surface area contributed by atoms with Gasteiger partial charge in [0.2, 0.25) is 0 Å². The zero-order valence-corrected chi connectivity index (χ0v) is 23.3. The van der Waals surface area contributed by atoms with Gasteiger partial charge in [0.15, 0.2) is 0 Å². The summed E-state index contributed by atoms with van der Waals surface area (Å²) in [6.45, 7) is 9.80. The minimum absolute atomic E-state index is 0.0700. The van der Waals surface area contributed by atoms with Crippen molar-refractivity contribution in [1.29, 1.82) is 0 Å². The van der Waals surface area contributed by atoms with Gasteiger partial charge in [-0.2, -0.15) is 32.4 Å². The molecule has 0 aliphatic carbocycles. The molecule has 186 valence electrons. The molecule has 0 saturated heterocycles. The number of rotatable bonds is 3. The Balaban J connectivity index is 0.00000129. The molecule has 0 bridgehead atoms. The Hall–Kier alpha value is -0.907. The molecule has 0 saturated carbocycles. The number of hydrogen-bond acceptors (Lipinski definition) is 0. The van der Waals surface area contributed by atoms with Gasteiger partial charge < -0.3 is 0 Å². The maximum atomic E-state index is 13.5. The van der Waals surface area contributed by atoms with Gasteiger partial charge in [-0.25, -0.2) is 0 Å². The molecule has 0 aromatic heterocycles. The molecule has 0 radical (unpaired) electrons. The quantitative estimate of drug-likeness (QED) is 0.207. The van der Waals surface area contributed by atoms with Crippen LogP contribution in [0.3, 0.4) is 0 Å². The van der Waals surface area contributed by atoms with Crippen molar-refractivity contribution in [3.63, 3.8) is 0 Å². The Bertz CT molecular complexity index is 1090. The number of benzene rings is 2. The Kier molecular flexibility index (Phi) is 9.49. The fourth-order valence-corrected chi connectivity index (χ4v) is 3.97. The number of hydrogen-bond donors (Lipinski definition) is 0. The summed E-state index contributed by atoms with van der Waals surface area (Å²) in [6.07, 6.45) is -9.00. The van der Waals surface area contributed by atoms with Gasteiger partial charge in [0.05, 0.1) is 11.1 Å². The second kappa shape index (κ2) is 11.0. The molecule has 0 spiro atoms. The second-order valence-electron chi connectivity index (χ2n) is 9.57. The zero-order valence-electron chi connectivity index (χ0n) is 19.3. The van der Waals surface area contributed by atoms with E-state index in [0.29, 0.717) is 22.4 Å². The van der Waals surface area contributed by atoms with Gasteiger partial charge in [-0.15, -0.1) is 34.5 Å². The molecule has 34 heavy (non-hydrogen) atoms. The molecule has 0 amide bonds. The van der Waals surface area contributed by atoms with Gasteiger partial charge in [-0.05, 0) is 41.5 Å². The SMILES string of the molecule is CC(C)Cc1cc2c(-c3cc(C(F)(F)F)cc(C(F)(F)F)c3)c(C(C)(C)C)ccc2[cH-]1.[Cl][Zr][Cl]. The summed E-state index contributed by atoms with van der Waals surface area (Å²) in [5.41, 5.74) is -1.01. The van der Waals surface area contributed by atoms with Crippen molar-refractivity contribution in [3.8, 4) is 11.1 Å². The van der Waals surface area contributed by atoms with Crippen LogP contribution in [0, 0.1) is 5.92 Å². The molecular formula is C25H25Cl2F6Zr-. The number of alkyl halides is 6. The predicted octanol–water partition coefficient (Wildman–Crippen LogP) is 10.1. The van der Waals surface area contributed by atoms with E-state index >= 15 is 0 Å². The van der Waals surface area contributed by atoms with Crippen molar-refractivity contribution in [1.82, 2.24) is 0 Å². The Morgan fingerprint density at radius 2 is 1.35 bits per heavy atom. The van der Waals surface area contributed by atoms with E-state index in [1.165, 1.54) is 0 Å². The van der Waals surface area contributed by atoms with Crippen LogP contribution in [-0.4, -0.2) is 0 Å². The average molecular weight is 602 g/mol.